The average molecular weight is 286 g/mol. The topological polar surface area (TPSA) is 71.3 Å². The van der Waals surface area contributed by atoms with E-state index in [9.17, 15) is 13.5 Å². The Morgan fingerprint density at radius 2 is 2.21 bits per heavy atom. The van der Waals surface area contributed by atoms with Gasteiger partial charge in [-0.15, -0.1) is 0 Å². The standard InChI is InChI=1S/C13H22N2O3S/c1-3-15-8-13(7-12(15)9-16)19(17,18)14-10(2)6-11-4-5-11/h7-8,10-11,14,16H,3-6,9H2,1-2H3. The van der Waals surface area contributed by atoms with E-state index in [0.29, 0.717) is 18.2 Å². The molecule has 0 bridgehead atoms. The summed E-state index contributed by atoms with van der Waals surface area (Å²) in [5.41, 5.74) is 0.623. The number of nitrogens with zero attached hydrogens (tertiary/aromatic N) is 1. The fraction of sp³-hybridized carbons (Fsp3) is 0.692. The van der Waals surface area contributed by atoms with Gasteiger partial charge in [0, 0.05) is 24.5 Å². The van der Waals surface area contributed by atoms with Crippen molar-refractivity contribution in [2.75, 3.05) is 0 Å². The number of aromatic nitrogens is 1. The SMILES string of the molecule is CCn1cc(S(=O)(=O)NC(C)CC2CC2)cc1CO. The Morgan fingerprint density at radius 1 is 1.53 bits per heavy atom. The molecule has 0 saturated heterocycles. The van der Waals surface area contributed by atoms with Gasteiger partial charge in [0.2, 0.25) is 10.0 Å². The molecule has 1 unspecified atom stereocenters. The van der Waals surface area contributed by atoms with E-state index in [0.717, 1.165) is 6.42 Å². The number of nitrogens with one attached hydrogen (secondary N) is 1. The van der Waals surface area contributed by atoms with Crippen molar-refractivity contribution >= 4 is 10.0 Å². The molecule has 0 radical (unpaired) electrons. The molecule has 1 saturated carbocycles. The van der Waals surface area contributed by atoms with Crippen LogP contribution < -0.4 is 4.72 Å². The van der Waals surface area contributed by atoms with Gasteiger partial charge in [-0.2, -0.15) is 0 Å². The molecule has 2 N–H and O–H groups in total. The van der Waals surface area contributed by atoms with Crippen molar-refractivity contribution in [3.05, 3.63) is 18.0 Å². The van der Waals surface area contributed by atoms with Crippen LogP contribution in [0.2, 0.25) is 0 Å². The number of aliphatic hydroxyl groups is 1. The normalized spacial score (nSPS) is 17.6. The van der Waals surface area contributed by atoms with E-state index in [1.165, 1.54) is 18.9 Å². The number of hydrogen-bond donors (Lipinski definition) is 2. The molecule has 0 aliphatic heterocycles. The molecule has 0 spiro atoms. The second-order valence-electron chi connectivity index (χ2n) is 5.31. The van der Waals surface area contributed by atoms with Crippen LogP contribution in [-0.4, -0.2) is 24.1 Å². The predicted molar refractivity (Wildman–Crippen MR) is 73.2 cm³/mol. The van der Waals surface area contributed by atoms with Gasteiger partial charge in [-0.05, 0) is 32.3 Å². The van der Waals surface area contributed by atoms with Gasteiger partial charge in [-0.1, -0.05) is 12.8 Å². The molecule has 1 fully saturated rings. The summed E-state index contributed by atoms with van der Waals surface area (Å²) in [6.45, 7) is 4.31. The summed E-state index contributed by atoms with van der Waals surface area (Å²) >= 11 is 0. The Balaban J connectivity index is 2.11. The minimum Gasteiger partial charge on any atom is -0.390 e. The van der Waals surface area contributed by atoms with Crippen LogP contribution in [0.1, 0.15) is 38.8 Å². The van der Waals surface area contributed by atoms with Crippen molar-refractivity contribution in [1.82, 2.24) is 9.29 Å². The van der Waals surface area contributed by atoms with Crippen molar-refractivity contribution < 1.29 is 13.5 Å². The summed E-state index contributed by atoms with van der Waals surface area (Å²) in [5, 5.41) is 9.20. The van der Waals surface area contributed by atoms with Crippen LogP contribution in [0.25, 0.3) is 0 Å². The van der Waals surface area contributed by atoms with Crippen LogP contribution in [0.5, 0.6) is 0 Å². The molecule has 0 amide bonds. The van der Waals surface area contributed by atoms with E-state index in [-0.39, 0.29) is 17.5 Å². The van der Waals surface area contributed by atoms with Gasteiger partial charge in [0.25, 0.3) is 0 Å². The lowest BCUT2D eigenvalue weighted by Gasteiger charge is -2.12. The molecule has 1 aromatic heterocycles. The third kappa shape index (κ3) is 3.58. The molecule has 6 heteroatoms. The lowest BCUT2D eigenvalue weighted by atomic mass is 10.2. The van der Waals surface area contributed by atoms with E-state index >= 15 is 0 Å². The zero-order valence-electron chi connectivity index (χ0n) is 11.5. The number of aryl methyl sites for hydroxylation is 1. The van der Waals surface area contributed by atoms with E-state index in [4.69, 9.17) is 0 Å². The van der Waals surface area contributed by atoms with Crippen LogP contribution in [-0.2, 0) is 23.2 Å². The Hall–Kier alpha value is -0.850. The first-order valence-corrected chi connectivity index (χ1v) is 8.26. The number of rotatable bonds is 7. The number of aliphatic hydroxyl groups excluding tert-OH is 1. The van der Waals surface area contributed by atoms with Gasteiger partial charge < -0.3 is 9.67 Å². The van der Waals surface area contributed by atoms with Gasteiger partial charge >= 0.3 is 0 Å². The Kier molecular flexibility index (Phi) is 4.32. The fourth-order valence-corrected chi connectivity index (χ4v) is 3.65. The molecule has 2 rings (SSSR count). The number of hydrogen-bond acceptors (Lipinski definition) is 3. The predicted octanol–water partition coefficient (Wildman–Crippen LogP) is 1.47. The lowest BCUT2D eigenvalue weighted by molar-refractivity contribution is 0.271. The summed E-state index contributed by atoms with van der Waals surface area (Å²) in [5.74, 6) is 0.686. The van der Waals surface area contributed by atoms with E-state index in [1.54, 1.807) is 10.8 Å². The number of sulfonamides is 1. The second kappa shape index (κ2) is 5.64. The smallest absolute Gasteiger partial charge is 0.242 e. The minimum absolute atomic E-state index is 0.0416. The zero-order chi connectivity index (χ0) is 14.0. The van der Waals surface area contributed by atoms with Crippen LogP contribution >= 0.6 is 0 Å². The molecule has 0 aromatic carbocycles. The van der Waals surface area contributed by atoms with Crippen molar-refractivity contribution in [2.24, 2.45) is 5.92 Å². The molecule has 1 atom stereocenters. The maximum Gasteiger partial charge on any atom is 0.242 e. The molecule has 1 aliphatic rings. The highest BCUT2D eigenvalue weighted by Crippen LogP contribution is 2.33. The highest BCUT2D eigenvalue weighted by molar-refractivity contribution is 7.89. The minimum atomic E-state index is -3.48. The van der Waals surface area contributed by atoms with Crippen molar-refractivity contribution in [3.63, 3.8) is 0 Å². The van der Waals surface area contributed by atoms with Gasteiger partial charge in [-0.3, -0.25) is 0 Å². The average Bonchev–Trinajstić information content (AvgIpc) is 3.03. The molecule has 19 heavy (non-hydrogen) atoms. The molecule has 1 aromatic rings. The van der Waals surface area contributed by atoms with Gasteiger partial charge in [0.15, 0.2) is 0 Å². The van der Waals surface area contributed by atoms with Crippen LogP contribution in [0.3, 0.4) is 0 Å². The molecule has 108 valence electrons. The quantitative estimate of drug-likeness (QED) is 0.797. The molecule has 1 aliphatic carbocycles. The van der Waals surface area contributed by atoms with Crippen molar-refractivity contribution in [2.45, 2.75) is 57.2 Å². The Bertz CT molecular complexity index is 511. The van der Waals surface area contributed by atoms with Gasteiger partial charge in [-0.25, -0.2) is 13.1 Å². The maximum absolute atomic E-state index is 12.2. The summed E-state index contributed by atoms with van der Waals surface area (Å²) in [7, 11) is -3.48. The summed E-state index contributed by atoms with van der Waals surface area (Å²) in [6.07, 6.45) is 4.91. The van der Waals surface area contributed by atoms with Crippen LogP contribution in [0, 0.1) is 5.92 Å². The van der Waals surface area contributed by atoms with E-state index in [1.807, 2.05) is 13.8 Å². The van der Waals surface area contributed by atoms with Crippen LogP contribution in [0.4, 0.5) is 0 Å². The Morgan fingerprint density at radius 3 is 2.68 bits per heavy atom. The molecular weight excluding hydrogens is 264 g/mol. The summed E-state index contributed by atoms with van der Waals surface area (Å²) < 4.78 is 28.9. The lowest BCUT2D eigenvalue weighted by Crippen LogP contribution is -2.32. The second-order valence-corrected chi connectivity index (χ2v) is 7.03. The highest BCUT2D eigenvalue weighted by Gasteiger charge is 2.26. The Labute approximate surface area is 114 Å². The third-order valence-electron chi connectivity index (χ3n) is 3.51. The molecule has 1 heterocycles. The van der Waals surface area contributed by atoms with E-state index < -0.39 is 10.0 Å². The first-order valence-electron chi connectivity index (χ1n) is 6.78. The maximum atomic E-state index is 12.2. The molecule has 5 nitrogen and oxygen atoms in total. The van der Waals surface area contributed by atoms with E-state index in [2.05, 4.69) is 4.72 Å². The van der Waals surface area contributed by atoms with Gasteiger partial charge in [0.1, 0.15) is 0 Å². The molecular formula is C13H22N2O3S. The monoisotopic (exact) mass is 286 g/mol. The first kappa shape index (κ1) is 14.6. The fourth-order valence-electron chi connectivity index (χ4n) is 2.33. The largest absolute Gasteiger partial charge is 0.390 e. The first-order chi connectivity index (χ1) is 8.96. The highest BCUT2D eigenvalue weighted by atomic mass is 32.2. The summed E-state index contributed by atoms with van der Waals surface area (Å²) in [4.78, 5) is 0.237. The summed E-state index contributed by atoms with van der Waals surface area (Å²) in [6, 6.07) is 1.50. The van der Waals surface area contributed by atoms with Crippen LogP contribution in [0.15, 0.2) is 17.2 Å². The van der Waals surface area contributed by atoms with Crippen molar-refractivity contribution in [3.8, 4) is 0 Å². The van der Waals surface area contributed by atoms with Crippen molar-refractivity contribution in [1.29, 1.82) is 0 Å². The van der Waals surface area contributed by atoms with Gasteiger partial charge in [0.05, 0.1) is 11.5 Å². The zero-order valence-corrected chi connectivity index (χ0v) is 12.3. The third-order valence-corrected chi connectivity index (χ3v) is 5.07.